The van der Waals surface area contributed by atoms with E-state index in [-0.39, 0.29) is 0 Å². The average Bonchev–Trinajstić information content (AvgIpc) is 2.57. The number of thioether (sulfide) groups is 1. The fourth-order valence-corrected chi connectivity index (χ4v) is 3.87. The summed E-state index contributed by atoms with van der Waals surface area (Å²) in [4.78, 5) is 0. The molecule has 0 amide bonds. The van der Waals surface area contributed by atoms with Crippen LogP contribution in [-0.2, 0) is 6.42 Å². The van der Waals surface area contributed by atoms with Crippen LogP contribution in [0.4, 0.5) is 0 Å². The predicted octanol–water partition coefficient (Wildman–Crippen LogP) is 3.40. The Kier molecular flexibility index (Phi) is 3.93. The number of hydrogen-bond donors (Lipinski definition) is 1. The molecule has 1 aromatic rings. The Morgan fingerprint density at radius 2 is 2.12 bits per heavy atom. The second-order valence-electron chi connectivity index (χ2n) is 4.66. The Morgan fingerprint density at radius 3 is 2.81 bits per heavy atom. The number of nitrogens with one attached hydrogen (secondary N) is 1. The molecule has 0 spiro atoms. The topological polar surface area (TPSA) is 12.0 Å². The first-order valence-electron chi connectivity index (χ1n) is 6.19. The minimum Gasteiger partial charge on any atom is -0.309 e. The molecule has 2 heteroatoms. The first-order valence-corrected chi connectivity index (χ1v) is 7.13. The third kappa shape index (κ3) is 2.44. The fourth-order valence-electron chi connectivity index (χ4n) is 2.50. The second kappa shape index (κ2) is 5.24. The Labute approximate surface area is 103 Å². The Bertz CT molecular complexity index is 348. The lowest BCUT2D eigenvalue weighted by Crippen LogP contribution is -2.27. The van der Waals surface area contributed by atoms with Crippen molar-refractivity contribution in [1.29, 1.82) is 0 Å². The molecule has 0 bridgehead atoms. The van der Waals surface area contributed by atoms with E-state index in [9.17, 15) is 0 Å². The molecule has 0 aliphatic heterocycles. The van der Waals surface area contributed by atoms with Gasteiger partial charge in [0.25, 0.3) is 0 Å². The molecule has 0 heterocycles. The normalized spacial score (nSPS) is 23.8. The molecule has 1 aromatic carbocycles. The zero-order chi connectivity index (χ0) is 11.5. The van der Waals surface area contributed by atoms with Crippen molar-refractivity contribution in [3.8, 4) is 0 Å². The van der Waals surface area contributed by atoms with Gasteiger partial charge in [-0.25, -0.2) is 0 Å². The summed E-state index contributed by atoms with van der Waals surface area (Å²) in [6.07, 6.45) is 1.22. The van der Waals surface area contributed by atoms with Gasteiger partial charge in [-0.1, -0.05) is 45.0 Å². The summed E-state index contributed by atoms with van der Waals surface area (Å²) in [5.41, 5.74) is 3.05. The predicted molar refractivity (Wildman–Crippen MR) is 73.1 cm³/mol. The van der Waals surface area contributed by atoms with Crippen molar-refractivity contribution in [1.82, 2.24) is 5.32 Å². The standard InChI is InChI=1S/C14H21NS/c1-4-15-14-12-8-6-5-7-11(12)9-13(14)16-10(2)3/h5-8,10,13-15H,4,9H2,1-3H3. The van der Waals surface area contributed by atoms with Crippen LogP contribution in [0.25, 0.3) is 0 Å². The lowest BCUT2D eigenvalue weighted by Gasteiger charge is -2.22. The van der Waals surface area contributed by atoms with Crippen LogP contribution in [0, 0.1) is 0 Å². The van der Waals surface area contributed by atoms with Crippen LogP contribution in [-0.4, -0.2) is 17.0 Å². The zero-order valence-electron chi connectivity index (χ0n) is 10.4. The molecule has 1 nitrogen and oxygen atoms in total. The minimum absolute atomic E-state index is 0.550. The van der Waals surface area contributed by atoms with Crippen LogP contribution in [0.2, 0.25) is 0 Å². The first kappa shape index (κ1) is 12.0. The van der Waals surface area contributed by atoms with Crippen LogP contribution in [0.15, 0.2) is 24.3 Å². The summed E-state index contributed by atoms with van der Waals surface area (Å²) < 4.78 is 0. The van der Waals surface area contributed by atoms with E-state index >= 15 is 0 Å². The molecule has 0 radical (unpaired) electrons. The third-order valence-corrected chi connectivity index (χ3v) is 4.39. The summed E-state index contributed by atoms with van der Waals surface area (Å²) >= 11 is 2.10. The van der Waals surface area contributed by atoms with Gasteiger partial charge in [0.05, 0.1) is 0 Å². The van der Waals surface area contributed by atoms with Crippen molar-refractivity contribution in [2.75, 3.05) is 6.54 Å². The highest BCUT2D eigenvalue weighted by Gasteiger charge is 2.32. The smallest absolute Gasteiger partial charge is 0.0446 e. The van der Waals surface area contributed by atoms with Gasteiger partial charge in [0, 0.05) is 11.3 Å². The maximum Gasteiger partial charge on any atom is 0.0446 e. The molecular formula is C14H21NS. The fraction of sp³-hybridized carbons (Fsp3) is 0.571. The van der Waals surface area contributed by atoms with Gasteiger partial charge in [-0.2, -0.15) is 11.8 Å². The lowest BCUT2D eigenvalue weighted by molar-refractivity contribution is 0.559. The average molecular weight is 235 g/mol. The molecule has 1 aliphatic carbocycles. The molecule has 0 fully saturated rings. The van der Waals surface area contributed by atoms with Crippen molar-refractivity contribution in [3.63, 3.8) is 0 Å². The van der Waals surface area contributed by atoms with Gasteiger partial charge in [0.2, 0.25) is 0 Å². The molecule has 0 saturated heterocycles. The van der Waals surface area contributed by atoms with Crippen molar-refractivity contribution < 1.29 is 0 Å². The van der Waals surface area contributed by atoms with Crippen LogP contribution in [0.3, 0.4) is 0 Å². The summed E-state index contributed by atoms with van der Waals surface area (Å²) in [7, 11) is 0. The van der Waals surface area contributed by atoms with E-state index in [0.29, 0.717) is 16.5 Å². The van der Waals surface area contributed by atoms with Crippen LogP contribution < -0.4 is 5.32 Å². The van der Waals surface area contributed by atoms with E-state index in [4.69, 9.17) is 0 Å². The van der Waals surface area contributed by atoms with Gasteiger partial charge in [-0.05, 0) is 29.3 Å². The van der Waals surface area contributed by atoms with Crippen molar-refractivity contribution in [2.45, 2.75) is 43.7 Å². The van der Waals surface area contributed by atoms with Crippen LogP contribution >= 0.6 is 11.8 Å². The highest BCUT2D eigenvalue weighted by molar-refractivity contribution is 8.00. The van der Waals surface area contributed by atoms with Gasteiger partial charge < -0.3 is 5.32 Å². The maximum atomic E-state index is 3.64. The quantitative estimate of drug-likeness (QED) is 0.858. The van der Waals surface area contributed by atoms with E-state index in [1.807, 2.05) is 0 Å². The first-order chi connectivity index (χ1) is 7.72. The zero-order valence-corrected chi connectivity index (χ0v) is 11.2. The Morgan fingerprint density at radius 1 is 1.38 bits per heavy atom. The molecule has 0 saturated carbocycles. The minimum atomic E-state index is 0.550. The van der Waals surface area contributed by atoms with Crippen molar-refractivity contribution in [3.05, 3.63) is 35.4 Å². The summed E-state index contributed by atoms with van der Waals surface area (Å²) in [5, 5.41) is 5.05. The summed E-state index contributed by atoms with van der Waals surface area (Å²) in [6, 6.07) is 9.42. The molecule has 1 aliphatic rings. The number of benzene rings is 1. The second-order valence-corrected chi connectivity index (χ2v) is 6.48. The van der Waals surface area contributed by atoms with Gasteiger partial charge in [0.15, 0.2) is 0 Å². The number of fused-ring (bicyclic) bond motifs is 1. The van der Waals surface area contributed by atoms with E-state index in [2.05, 4.69) is 62.1 Å². The van der Waals surface area contributed by atoms with Gasteiger partial charge in [-0.3, -0.25) is 0 Å². The van der Waals surface area contributed by atoms with Crippen molar-refractivity contribution >= 4 is 11.8 Å². The number of rotatable bonds is 4. The molecule has 2 atom stereocenters. The van der Waals surface area contributed by atoms with E-state index in [1.54, 1.807) is 0 Å². The highest BCUT2D eigenvalue weighted by Crippen LogP contribution is 2.39. The highest BCUT2D eigenvalue weighted by atomic mass is 32.2. The Hall–Kier alpha value is -0.470. The van der Waals surface area contributed by atoms with E-state index in [0.717, 1.165) is 6.54 Å². The molecule has 88 valence electrons. The molecule has 16 heavy (non-hydrogen) atoms. The van der Waals surface area contributed by atoms with Gasteiger partial charge in [-0.15, -0.1) is 0 Å². The lowest BCUT2D eigenvalue weighted by atomic mass is 10.1. The molecular weight excluding hydrogens is 214 g/mol. The van der Waals surface area contributed by atoms with Gasteiger partial charge in [0.1, 0.15) is 0 Å². The molecule has 1 N–H and O–H groups in total. The molecule has 2 unspecified atom stereocenters. The summed E-state index contributed by atoms with van der Waals surface area (Å²) in [6.45, 7) is 7.82. The maximum absolute atomic E-state index is 3.64. The monoisotopic (exact) mass is 235 g/mol. The Balaban J connectivity index is 2.19. The molecule has 0 aromatic heterocycles. The largest absolute Gasteiger partial charge is 0.309 e. The summed E-state index contributed by atoms with van der Waals surface area (Å²) in [5.74, 6) is 0. The molecule has 2 rings (SSSR count). The van der Waals surface area contributed by atoms with E-state index in [1.165, 1.54) is 17.5 Å². The van der Waals surface area contributed by atoms with Gasteiger partial charge >= 0.3 is 0 Å². The third-order valence-electron chi connectivity index (χ3n) is 3.05. The van der Waals surface area contributed by atoms with Crippen LogP contribution in [0.1, 0.15) is 37.9 Å². The SMILES string of the molecule is CCNC1c2ccccc2CC1SC(C)C. The van der Waals surface area contributed by atoms with Crippen molar-refractivity contribution in [2.24, 2.45) is 0 Å². The number of hydrogen-bond acceptors (Lipinski definition) is 2. The van der Waals surface area contributed by atoms with E-state index < -0.39 is 0 Å². The van der Waals surface area contributed by atoms with Crippen LogP contribution in [0.5, 0.6) is 0 Å².